The van der Waals surface area contributed by atoms with Gasteiger partial charge in [-0.1, -0.05) is 6.07 Å². The van der Waals surface area contributed by atoms with Crippen molar-refractivity contribution in [3.63, 3.8) is 0 Å². The van der Waals surface area contributed by atoms with Gasteiger partial charge in [0.2, 0.25) is 0 Å². The van der Waals surface area contributed by atoms with Gasteiger partial charge in [0.25, 0.3) is 0 Å². The van der Waals surface area contributed by atoms with Gasteiger partial charge < -0.3 is 10.4 Å². The van der Waals surface area contributed by atoms with E-state index in [1.807, 2.05) is 32.9 Å². The summed E-state index contributed by atoms with van der Waals surface area (Å²) in [6, 6.07) is 7.54. The van der Waals surface area contributed by atoms with Crippen LogP contribution in [-0.4, -0.2) is 33.4 Å². The zero-order valence-electron chi connectivity index (χ0n) is 14.1. The van der Waals surface area contributed by atoms with Crippen molar-refractivity contribution in [2.45, 2.75) is 33.6 Å². The molecule has 2 amide bonds. The summed E-state index contributed by atoms with van der Waals surface area (Å²) in [4.78, 5) is 22.2. The number of carboxylic acid groups (broad SMARTS) is 1. The number of anilines is 1. The first kappa shape index (κ1) is 17.5. The van der Waals surface area contributed by atoms with Crippen LogP contribution in [0.25, 0.3) is 5.69 Å². The van der Waals surface area contributed by atoms with E-state index < -0.39 is 12.0 Å². The van der Waals surface area contributed by atoms with E-state index in [2.05, 4.69) is 21.8 Å². The summed E-state index contributed by atoms with van der Waals surface area (Å²) in [5.74, 6) is -0.428. The van der Waals surface area contributed by atoms with E-state index in [-0.39, 0.29) is 6.42 Å². The molecular formula is C17H22N4O3. The predicted octanol–water partition coefficient (Wildman–Crippen LogP) is 2.78. The molecule has 1 aromatic heterocycles. The van der Waals surface area contributed by atoms with Crippen LogP contribution in [0.3, 0.4) is 0 Å². The maximum atomic E-state index is 11.8. The van der Waals surface area contributed by atoms with Crippen molar-refractivity contribution in [2.75, 3.05) is 11.9 Å². The Bertz CT molecular complexity index is 732. The van der Waals surface area contributed by atoms with Gasteiger partial charge in [-0.05, 0) is 50.5 Å². The molecule has 3 N–H and O–H groups in total. The fraction of sp³-hybridized carbons (Fsp3) is 0.353. The van der Waals surface area contributed by atoms with E-state index in [9.17, 15) is 9.59 Å². The molecular weight excluding hydrogens is 308 g/mol. The molecule has 0 aliphatic heterocycles. The third-order valence-electron chi connectivity index (χ3n) is 3.43. The number of carboxylic acids is 1. The van der Waals surface area contributed by atoms with Crippen LogP contribution in [0, 0.1) is 20.8 Å². The van der Waals surface area contributed by atoms with Gasteiger partial charge in [0.15, 0.2) is 5.82 Å². The van der Waals surface area contributed by atoms with E-state index in [1.165, 1.54) is 0 Å². The van der Waals surface area contributed by atoms with Gasteiger partial charge in [0, 0.05) is 24.7 Å². The lowest BCUT2D eigenvalue weighted by Crippen LogP contribution is -2.30. The molecule has 1 heterocycles. The van der Waals surface area contributed by atoms with Gasteiger partial charge >= 0.3 is 12.0 Å². The number of urea groups is 1. The van der Waals surface area contributed by atoms with E-state index in [0.717, 1.165) is 22.5 Å². The Kier molecular flexibility index (Phi) is 5.57. The number of aryl methyl sites for hydroxylation is 3. The summed E-state index contributed by atoms with van der Waals surface area (Å²) in [6.07, 6.45) is 0.416. The van der Waals surface area contributed by atoms with Gasteiger partial charge in [-0.2, -0.15) is 0 Å². The fourth-order valence-corrected chi connectivity index (χ4v) is 2.47. The molecule has 0 aliphatic carbocycles. The van der Waals surface area contributed by atoms with Gasteiger partial charge in [0.1, 0.15) is 0 Å². The summed E-state index contributed by atoms with van der Waals surface area (Å²) in [5.41, 5.74) is 4.14. The minimum atomic E-state index is -0.875. The molecule has 128 valence electrons. The smallest absolute Gasteiger partial charge is 0.320 e. The van der Waals surface area contributed by atoms with Crippen molar-refractivity contribution in [1.82, 2.24) is 15.1 Å². The topological polar surface area (TPSA) is 96.3 Å². The zero-order valence-corrected chi connectivity index (χ0v) is 14.1. The van der Waals surface area contributed by atoms with Crippen molar-refractivity contribution in [3.05, 3.63) is 41.1 Å². The van der Waals surface area contributed by atoms with Crippen LogP contribution < -0.4 is 10.6 Å². The highest BCUT2D eigenvalue weighted by atomic mass is 16.4. The molecule has 0 saturated carbocycles. The average Bonchev–Trinajstić information content (AvgIpc) is 2.83. The number of nitrogens with zero attached hydrogens (tertiary/aromatic N) is 2. The molecule has 0 fully saturated rings. The molecule has 2 aromatic rings. The van der Waals surface area contributed by atoms with E-state index in [4.69, 9.17) is 5.11 Å². The highest BCUT2D eigenvalue weighted by molar-refractivity contribution is 5.88. The lowest BCUT2D eigenvalue weighted by Gasteiger charge is -2.07. The van der Waals surface area contributed by atoms with Gasteiger partial charge in [-0.15, -0.1) is 5.10 Å². The van der Waals surface area contributed by atoms with Crippen LogP contribution in [0.15, 0.2) is 24.3 Å². The molecule has 7 heteroatoms. The number of amides is 2. The van der Waals surface area contributed by atoms with Crippen molar-refractivity contribution >= 4 is 17.8 Å². The minimum absolute atomic E-state index is 0.0285. The maximum Gasteiger partial charge on any atom is 0.320 e. The van der Waals surface area contributed by atoms with Gasteiger partial charge in [0.05, 0.1) is 5.69 Å². The largest absolute Gasteiger partial charge is 0.481 e. The highest BCUT2D eigenvalue weighted by Crippen LogP contribution is 2.17. The molecule has 0 radical (unpaired) electrons. The molecule has 0 unspecified atom stereocenters. The Morgan fingerprint density at radius 1 is 1.12 bits per heavy atom. The third-order valence-corrected chi connectivity index (χ3v) is 3.43. The molecule has 0 atom stereocenters. The number of hydrogen-bond acceptors (Lipinski definition) is 3. The number of carbonyl (C=O) groups excluding carboxylic acids is 1. The fourth-order valence-electron chi connectivity index (χ4n) is 2.47. The molecule has 0 spiro atoms. The third kappa shape index (κ3) is 4.84. The van der Waals surface area contributed by atoms with Crippen LogP contribution in [0.1, 0.15) is 29.7 Å². The Labute approximate surface area is 140 Å². The van der Waals surface area contributed by atoms with E-state index >= 15 is 0 Å². The van der Waals surface area contributed by atoms with Crippen LogP contribution in [-0.2, 0) is 4.79 Å². The lowest BCUT2D eigenvalue weighted by atomic mass is 10.1. The first-order valence-electron chi connectivity index (χ1n) is 7.77. The quantitative estimate of drug-likeness (QED) is 0.710. The second-order valence-corrected chi connectivity index (χ2v) is 5.81. The Morgan fingerprint density at radius 3 is 2.42 bits per heavy atom. The molecule has 24 heavy (non-hydrogen) atoms. The zero-order chi connectivity index (χ0) is 17.7. The molecule has 1 aromatic carbocycles. The molecule has 7 nitrogen and oxygen atoms in total. The van der Waals surface area contributed by atoms with Gasteiger partial charge in [-0.25, -0.2) is 9.48 Å². The highest BCUT2D eigenvalue weighted by Gasteiger charge is 2.10. The van der Waals surface area contributed by atoms with E-state index in [0.29, 0.717) is 18.8 Å². The Morgan fingerprint density at radius 2 is 1.79 bits per heavy atom. The maximum absolute atomic E-state index is 11.8. The van der Waals surface area contributed by atoms with Crippen LogP contribution >= 0.6 is 0 Å². The number of benzene rings is 1. The first-order valence-corrected chi connectivity index (χ1v) is 7.77. The minimum Gasteiger partial charge on any atom is -0.481 e. The predicted molar refractivity (Wildman–Crippen MR) is 91.7 cm³/mol. The van der Waals surface area contributed by atoms with Crippen LogP contribution in [0.4, 0.5) is 10.6 Å². The number of nitrogens with one attached hydrogen (secondary N) is 2. The summed E-state index contributed by atoms with van der Waals surface area (Å²) in [7, 11) is 0. The Balaban J connectivity index is 2.00. The monoisotopic (exact) mass is 330 g/mol. The van der Waals surface area contributed by atoms with E-state index in [1.54, 1.807) is 10.7 Å². The number of rotatable bonds is 6. The number of aliphatic carboxylic acids is 1. The van der Waals surface area contributed by atoms with Crippen LogP contribution in [0.2, 0.25) is 0 Å². The SMILES string of the molecule is Cc1cc(C)cc(-n2nc(NC(=O)NCCCC(=O)O)cc2C)c1. The number of carbonyl (C=O) groups is 2. The second kappa shape index (κ2) is 7.63. The molecule has 0 saturated heterocycles. The first-order chi connectivity index (χ1) is 11.3. The molecule has 2 rings (SSSR count). The number of hydrogen-bond donors (Lipinski definition) is 3. The molecule has 0 aliphatic rings. The standard InChI is InChI=1S/C17H22N4O3/c1-11-7-12(2)9-14(8-11)21-13(3)10-15(20-21)19-17(24)18-6-4-5-16(22)23/h7-10H,4-6H2,1-3H3,(H,22,23)(H2,18,19,20,24). The summed E-state index contributed by atoms with van der Waals surface area (Å²) < 4.78 is 1.78. The normalized spacial score (nSPS) is 10.5. The summed E-state index contributed by atoms with van der Waals surface area (Å²) in [5, 5.41) is 18.2. The number of aromatic nitrogens is 2. The lowest BCUT2D eigenvalue weighted by molar-refractivity contribution is -0.137. The average molecular weight is 330 g/mol. The van der Waals surface area contributed by atoms with Gasteiger partial charge in [-0.3, -0.25) is 10.1 Å². The van der Waals surface area contributed by atoms with Crippen molar-refractivity contribution in [2.24, 2.45) is 0 Å². The second-order valence-electron chi connectivity index (χ2n) is 5.81. The van der Waals surface area contributed by atoms with Crippen molar-refractivity contribution in [1.29, 1.82) is 0 Å². The Hall–Kier alpha value is -2.83. The molecule has 0 bridgehead atoms. The summed E-state index contributed by atoms with van der Waals surface area (Å²) >= 11 is 0. The van der Waals surface area contributed by atoms with Crippen LogP contribution in [0.5, 0.6) is 0 Å². The van der Waals surface area contributed by atoms with Crippen molar-refractivity contribution < 1.29 is 14.7 Å². The summed E-state index contributed by atoms with van der Waals surface area (Å²) in [6.45, 7) is 6.27. The van der Waals surface area contributed by atoms with Crippen molar-refractivity contribution in [3.8, 4) is 5.69 Å².